The van der Waals surface area contributed by atoms with E-state index >= 15 is 0 Å². The van der Waals surface area contributed by atoms with Crippen LogP contribution in [0, 0.1) is 5.41 Å². The summed E-state index contributed by atoms with van der Waals surface area (Å²) in [6.45, 7) is 12.4. The molecule has 0 radical (unpaired) electrons. The van der Waals surface area contributed by atoms with Gasteiger partial charge < -0.3 is 15.5 Å². The summed E-state index contributed by atoms with van der Waals surface area (Å²) in [7, 11) is 0. The van der Waals surface area contributed by atoms with Gasteiger partial charge in [0, 0.05) is 29.4 Å². The Morgan fingerprint density at radius 2 is 1.70 bits per heavy atom. The first-order valence-corrected chi connectivity index (χ1v) is 13.8. The van der Waals surface area contributed by atoms with Crippen molar-refractivity contribution in [2.75, 3.05) is 17.2 Å². The average Bonchev–Trinajstić information content (AvgIpc) is 3.39. The number of carbonyl (C=O) groups is 3. The standard InChI is InChI=1S/C33H38N4O3/c1-31(2,3)25-11-8-7-10-22(25)19-37(30(40)32(4,5)6)20-27(38)35-24-14-13-21-17-33(18-23(21)16-24)26-12-9-15-34-28(26)36-29(33)39/h7-16H,17-20H2,1-6H3,(H,35,38)(H,34,36,39). The van der Waals surface area contributed by atoms with Crippen LogP contribution in [-0.2, 0) is 44.6 Å². The highest BCUT2D eigenvalue weighted by Crippen LogP contribution is 2.47. The third-order valence-electron chi connectivity index (χ3n) is 7.91. The fourth-order valence-electron chi connectivity index (χ4n) is 5.99. The summed E-state index contributed by atoms with van der Waals surface area (Å²) in [4.78, 5) is 45.8. The largest absolute Gasteiger partial charge is 0.329 e. The number of benzene rings is 2. The first kappa shape index (κ1) is 27.6. The molecular weight excluding hydrogens is 500 g/mol. The molecule has 1 spiro atoms. The Balaban J connectivity index is 1.34. The number of aromatic nitrogens is 1. The Morgan fingerprint density at radius 3 is 2.42 bits per heavy atom. The van der Waals surface area contributed by atoms with Gasteiger partial charge in [-0.1, -0.05) is 77.9 Å². The summed E-state index contributed by atoms with van der Waals surface area (Å²) in [6, 6.07) is 17.7. The van der Waals surface area contributed by atoms with Crippen LogP contribution in [0.25, 0.3) is 0 Å². The molecule has 1 aromatic heterocycles. The summed E-state index contributed by atoms with van der Waals surface area (Å²) in [5.74, 6) is 0.258. The van der Waals surface area contributed by atoms with Gasteiger partial charge in [0.1, 0.15) is 12.4 Å². The molecule has 3 amide bonds. The van der Waals surface area contributed by atoms with E-state index in [1.807, 2.05) is 69.3 Å². The van der Waals surface area contributed by atoms with Gasteiger partial charge in [-0.05, 0) is 58.7 Å². The molecule has 208 valence electrons. The molecule has 7 heteroatoms. The molecule has 2 aliphatic rings. The van der Waals surface area contributed by atoms with Gasteiger partial charge >= 0.3 is 0 Å². The molecule has 1 aliphatic heterocycles. The van der Waals surface area contributed by atoms with E-state index in [0.717, 1.165) is 27.8 Å². The number of hydrogen-bond donors (Lipinski definition) is 2. The molecule has 3 aromatic rings. The lowest BCUT2D eigenvalue weighted by Gasteiger charge is -2.31. The van der Waals surface area contributed by atoms with Crippen LogP contribution < -0.4 is 10.6 Å². The lowest BCUT2D eigenvalue weighted by atomic mass is 9.79. The predicted molar refractivity (Wildman–Crippen MR) is 157 cm³/mol. The molecule has 1 unspecified atom stereocenters. The SMILES string of the molecule is CC(C)(C)C(=O)N(CC(=O)Nc1ccc2c(c1)CC1(C2)C(=O)Nc2ncccc21)Cc1ccccc1C(C)(C)C. The number of hydrogen-bond acceptors (Lipinski definition) is 4. The normalized spacial score (nSPS) is 17.8. The smallest absolute Gasteiger partial charge is 0.244 e. The maximum absolute atomic E-state index is 13.4. The van der Waals surface area contributed by atoms with Gasteiger partial charge in [0.15, 0.2) is 0 Å². The zero-order valence-corrected chi connectivity index (χ0v) is 24.2. The van der Waals surface area contributed by atoms with Crippen LogP contribution in [0.4, 0.5) is 11.5 Å². The Kier molecular flexibility index (Phi) is 6.81. The summed E-state index contributed by atoms with van der Waals surface area (Å²) in [5, 5.41) is 5.93. The van der Waals surface area contributed by atoms with E-state index in [9.17, 15) is 14.4 Å². The Morgan fingerprint density at radius 1 is 0.975 bits per heavy atom. The van der Waals surface area contributed by atoms with Crippen LogP contribution in [0.3, 0.4) is 0 Å². The van der Waals surface area contributed by atoms with Crippen LogP contribution >= 0.6 is 0 Å². The third-order valence-corrected chi connectivity index (χ3v) is 7.91. The molecular formula is C33H38N4O3. The predicted octanol–water partition coefficient (Wildman–Crippen LogP) is 5.38. The van der Waals surface area contributed by atoms with Crippen molar-refractivity contribution in [1.82, 2.24) is 9.88 Å². The van der Waals surface area contributed by atoms with Crippen LogP contribution in [0.2, 0.25) is 0 Å². The van der Waals surface area contributed by atoms with Gasteiger partial charge in [-0.15, -0.1) is 0 Å². The molecule has 0 saturated heterocycles. The quantitative estimate of drug-likeness (QED) is 0.456. The lowest BCUT2D eigenvalue weighted by Crippen LogP contribution is -2.43. The van der Waals surface area contributed by atoms with Crippen molar-refractivity contribution in [2.24, 2.45) is 5.41 Å². The number of nitrogens with zero attached hydrogens (tertiary/aromatic N) is 2. The first-order valence-electron chi connectivity index (χ1n) is 13.8. The number of rotatable bonds is 5. The van der Waals surface area contributed by atoms with Gasteiger partial charge in [-0.3, -0.25) is 14.4 Å². The van der Waals surface area contributed by atoms with Crippen molar-refractivity contribution in [3.63, 3.8) is 0 Å². The van der Waals surface area contributed by atoms with Crippen LogP contribution in [0.1, 0.15) is 69.4 Å². The Labute approximate surface area is 236 Å². The van der Waals surface area contributed by atoms with Crippen molar-refractivity contribution in [2.45, 2.75) is 71.8 Å². The zero-order valence-electron chi connectivity index (χ0n) is 24.2. The van der Waals surface area contributed by atoms with Crippen LogP contribution in [0.15, 0.2) is 60.8 Å². The molecule has 0 bridgehead atoms. The van der Waals surface area contributed by atoms with Gasteiger partial charge in [-0.2, -0.15) is 0 Å². The van der Waals surface area contributed by atoms with Crippen molar-refractivity contribution >= 4 is 29.2 Å². The summed E-state index contributed by atoms with van der Waals surface area (Å²) in [5.41, 5.74) is 4.51. The summed E-state index contributed by atoms with van der Waals surface area (Å²) in [6.07, 6.45) is 2.83. The topological polar surface area (TPSA) is 91.4 Å². The van der Waals surface area contributed by atoms with E-state index in [-0.39, 0.29) is 29.7 Å². The van der Waals surface area contributed by atoms with Gasteiger partial charge in [0.2, 0.25) is 17.7 Å². The molecule has 2 heterocycles. The van der Waals surface area contributed by atoms with E-state index in [1.165, 1.54) is 0 Å². The van der Waals surface area contributed by atoms with E-state index in [4.69, 9.17) is 0 Å². The lowest BCUT2D eigenvalue weighted by molar-refractivity contribution is -0.142. The second-order valence-corrected chi connectivity index (χ2v) is 13.1. The molecule has 2 aromatic carbocycles. The maximum atomic E-state index is 13.4. The fourth-order valence-corrected chi connectivity index (χ4v) is 5.99. The van der Waals surface area contributed by atoms with E-state index in [2.05, 4.69) is 42.5 Å². The zero-order chi connectivity index (χ0) is 28.9. The van der Waals surface area contributed by atoms with E-state index in [1.54, 1.807) is 11.1 Å². The van der Waals surface area contributed by atoms with E-state index < -0.39 is 10.8 Å². The van der Waals surface area contributed by atoms with Crippen molar-refractivity contribution < 1.29 is 14.4 Å². The minimum absolute atomic E-state index is 0.0325. The molecule has 5 rings (SSSR count). The highest BCUT2D eigenvalue weighted by Gasteiger charge is 2.51. The van der Waals surface area contributed by atoms with Gasteiger partial charge in [0.05, 0.1) is 5.41 Å². The number of amides is 3. The first-order chi connectivity index (χ1) is 18.8. The Hall–Kier alpha value is -4.00. The van der Waals surface area contributed by atoms with Crippen molar-refractivity contribution in [1.29, 1.82) is 0 Å². The minimum atomic E-state index is -0.662. The molecule has 40 heavy (non-hydrogen) atoms. The molecule has 0 saturated carbocycles. The van der Waals surface area contributed by atoms with Crippen LogP contribution in [-0.4, -0.2) is 34.2 Å². The number of pyridine rings is 1. The molecule has 1 aliphatic carbocycles. The highest BCUT2D eigenvalue weighted by molar-refractivity contribution is 6.06. The molecule has 7 nitrogen and oxygen atoms in total. The molecule has 0 fully saturated rings. The number of nitrogens with one attached hydrogen (secondary N) is 2. The number of anilines is 2. The third kappa shape index (κ3) is 5.12. The second-order valence-electron chi connectivity index (χ2n) is 13.1. The van der Waals surface area contributed by atoms with Gasteiger partial charge in [0.25, 0.3) is 0 Å². The summed E-state index contributed by atoms with van der Waals surface area (Å²) >= 11 is 0. The maximum Gasteiger partial charge on any atom is 0.244 e. The minimum Gasteiger partial charge on any atom is -0.329 e. The van der Waals surface area contributed by atoms with Crippen LogP contribution in [0.5, 0.6) is 0 Å². The number of carbonyl (C=O) groups excluding carboxylic acids is 3. The van der Waals surface area contributed by atoms with E-state index in [0.29, 0.717) is 30.9 Å². The second kappa shape index (κ2) is 9.88. The van der Waals surface area contributed by atoms with Crippen molar-refractivity contribution in [3.8, 4) is 0 Å². The summed E-state index contributed by atoms with van der Waals surface area (Å²) < 4.78 is 0. The highest BCUT2D eigenvalue weighted by atomic mass is 16.2. The number of fused-ring (bicyclic) bond motifs is 3. The van der Waals surface area contributed by atoms with Gasteiger partial charge in [-0.25, -0.2) is 4.98 Å². The Bertz CT molecular complexity index is 1500. The average molecular weight is 539 g/mol. The monoisotopic (exact) mass is 538 g/mol. The molecule has 2 N–H and O–H groups in total. The fraction of sp³-hybridized carbons (Fsp3) is 0.394. The van der Waals surface area contributed by atoms with Crippen molar-refractivity contribution in [3.05, 3.63) is 88.6 Å². The molecule has 1 atom stereocenters.